The molecule has 2 aromatic heterocycles. The molecule has 0 aromatic carbocycles. The molecule has 0 unspecified atom stereocenters. The molecule has 0 aliphatic heterocycles. The fourth-order valence-corrected chi connectivity index (χ4v) is 1.92. The average molecular weight is 252 g/mol. The summed E-state index contributed by atoms with van der Waals surface area (Å²) in [6.45, 7) is 3.86. The Hall–Kier alpha value is -1.76. The van der Waals surface area contributed by atoms with Crippen LogP contribution in [0.25, 0.3) is 0 Å². The van der Waals surface area contributed by atoms with Gasteiger partial charge < -0.3 is 9.32 Å². The van der Waals surface area contributed by atoms with Gasteiger partial charge in [-0.1, -0.05) is 0 Å². The molecule has 0 radical (unpaired) electrons. The molecule has 2 heterocycles. The maximum Gasteiger partial charge on any atom is 0.273 e. The Labute approximate surface area is 102 Å². The standard InChI is InChI=1S/C10H12N4O2S/c1-6-12-13-9(16-6)4-14(3)10(15)8-5-17-7(2)11-8/h5H,4H2,1-3H3. The molecule has 0 aliphatic carbocycles. The van der Waals surface area contributed by atoms with Crippen LogP contribution in [0.3, 0.4) is 0 Å². The van der Waals surface area contributed by atoms with Crippen LogP contribution < -0.4 is 0 Å². The van der Waals surface area contributed by atoms with Gasteiger partial charge in [0.25, 0.3) is 5.91 Å². The van der Waals surface area contributed by atoms with Gasteiger partial charge in [-0.15, -0.1) is 21.5 Å². The maximum absolute atomic E-state index is 11.9. The van der Waals surface area contributed by atoms with Gasteiger partial charge in [-0.2, -0.15) is 0 Å². The van der Waals surface area contributed by atoms with Gasteiger partial charge in [0.2, 0.25) is 11.8 Å². The number of thiazole rings is 1. The lowest BCUT2D eigenvalue weighted by atomic mass is 10.4. The molecular formula is C10H12N4O2S. The van der Waals surface area contributed by atoms with E-state index in [4.69, 9.17) is 4.42 Å². The van der Waals surface area contributed by atoms with Gasteiger partial charge in [0.15, 0.2) is 0 Å². The quantitative estimate of drug-likeness (QED) is 0.826. The Morgan fingerprint density at radius 3 is 2.76 bits per heavy atom. The third-order valence-corrected chi connectivity index (χ3v) is 2.90. The molecule has 17 heavy (non-hydrogen) atoms. The lowest BCUT2D eigenvalue weighted by molar-refractivity contribution is 0.0767. The van der Waals surface area contributed by atoms with Crippen molar-refractivity contribution in [3.63, 3.8) is 0 Å². The highest BCUT2D eigenvalue weighted by Crippen LogP contribution is 2.11. The largest absolute Gasteiger partial charge is 0.424 e. The SMILES string of the molecule is Cc1nnc(CN(C)C(=O)c2csc(C)n2)o1. The van der Waals surface area contributed by atoms with E-state index in [0.29, 0.717) is 17.5 Å². The van der Waals surface area contributed by atoms with Crippen molar-refractivity contribution in [3.05, 3.63) is 27.9 Å². The number of aromatic nitrogens is 3. The molecule has 0 saturated heterocycles. The number of hydrogen-bond acceptors (Lipinski definition) is 6. The zero-order valence-corrected chi connectivity index (χ0v) is 10.6. The minimum Gasteiger partial charge on any atom is -0.424 e. The summed E-state index contributed by atoms with van der Waals surface area (Å²) in [7, 11) is 1.68. The van der Waals surface area contributed by atoms with E-state index in [2.05, 4.69) is 15.2 Å². The number of aryl methyl sites for hydroxylation is 2. The monoisotopic (exact) mass is 252 g/mol. The minimum absolute atomic E-state index is 0.148. The summed E-state index contributed by atoms with van der Waals surface area (Å²) in [6, 6.07) is 0. The lowest BCUT2D eigenvalue weighted by Crippen LogP contribution is -2.26. The van der Waals surface area contributed by atoms with E-state index >= 15 is 0 Å². The van der Waals surface area contributed by atoms with Crippen LogP contribution in [0, 0.1) is 13.8 Å². The second kappa shape index (κ2) is 4.62. The van der Waals surface area contributed by atoms with Crippen LogP contribution in [-0.4, -0.2) is 33.0 Å². The van der Waals surface area contributed by atoms with E-state index in [1.807, 2.05) is 6.92 Å². The molecule has 7 heteroatoms. The van der Waals surface area contributed by atoms with Crippen molar-refractivity contribution >= 4 is 17.2 Å². The summed E-state index contributed by atoms with van der Waals surface area (Å²) >= 11 is 1.45. The summed E-state index contributed by atoms with van der Waals surface area (Å²) in [4.78, 5) is 17.6. The number of amides is 1. The Kier molecular flexibility index (Phi) is 3.19. The third-order valence-electron chi connectivity index (χ3n) is 2.13. The molecule has 0 fully saturated rings. The van der Waals surface area contributed by atoms with Crippen molar-refractivity contribution in [1.82, 2.24) is 20.1 Å². The maximum atomic E-state index is 11.9. The van der Waals surface area contributed by atoms with Crippen LogP contribution in [0.1, 0.15) is 27.3 Å². The second-order valence-corrected chi connectivity index (χ2v) is 4.69. The van der Waals surface area contributed by atoms with Crippen molar-refractivity contribution in [1.29, 1.82) is 0 Å². The highest BCUT2D eigenvalue weighted by molar-refractivity contribution is 7.09. The number of nitrogens with zero attached hydrogens (tertiary/aromatic N) is 4. The van der Waals surface area contributed by atoms with Gasteiger partial charge in [-0.05, 0) is 6.92 Å². The zero-order chi connectivity index (χ0) is 12.4. The molecule has 0 saturated carbocycles. The van der Waals surface area contributed by atoms with Gasteiger partial charge in [0.05, 0.1) is 11.6 Å². The first-order valence-corrected chi connectivity index (χ1v) is 5.91. The van der Waals surface area contributed by atoms with E-state index in [-0.39, 0.29) is 12.5 Å². The highest BCUT2D eigenvalue weighted by Gasteiger charge is 2.16. The molecule has 1 amide bonds. The van der Waals surface area contributed by atoms with Gasteiger partial charge in [-0.3, -0.25) is 4.79 Å². The van der Waals surface area contributed by atoms with Crippen molar-refractivity contribution in [2.75, 3.05) is 7.05 Å². The molecule has 2 rings (SSSR count). The summed E-state index contributed by atoms with van der Waals surface area (Å²) in [5.41, 5.74) is 0.450. The Morgan fingerprint density at radius 2 is 2.24 bits per heavy atom. The fraction of sp³-hybridized carbons (Fsp3) is 0.400. The average Bonchev–Trinajstić information content (AvgIpc) is 2.87. The molecule has 0 atom stereocenters. The van der Waals surface area contributed by atoms with E-state index < -0.39 is 0 Å². The van der Waals surface area contributed by atoms with Crippen LogP contribution in [0.2, 0.25) is 0 Å². The molecule has 0 N–H and O–H groups in total. The predicted molar refractivity (Wildman–Crippen MR) is 61.7 cm³/mol. The number of rotatable bonds is 3. The minimum atomic E-state index is -0.148. The Balaban J connectivity index is 2.05. The second-order valence-electron chi connectivity index (χ2n) is 3.63. The van der Waals surface area contributed by atoms with Crippen LogP contribution in [-0.2, 0) is 6.54 Å². The Bertz CT molecular complexity index is 534. The van der Waals surface area contributed by atoms with Crippen LogP contribution in [0.5, 0.6) is 0 Å². The van der Waals surface area contributed by atoms with Crippen LogP contribution in [0.15, 0.2) is 9.80 Å². The van der Waals surface area contributed by atoms with E-state index in [1.54, 1.807) is 19.4 Å². The third kappa shape index (κ3) is 2.68. The van der Waals surface area contributed by atoms with Crippen molar-refractivity contribution in [2.24, 2.45) is 0 Å². The first-order chi connectivity index (χ1) is 8.06. The molecule has 0 spiro atoms. The van der Waals surface area contributed by atoms with Crippen LogP contribution in [0.4, 0.5) is 0 Å². The molecule has 0 bridgehead atoms. The summed E-state index contributed by atoms with van der Waals surface area (Å²) in [5, 5.41) is 10.2. The fourth-order valence-electron chi connectivity index (χ4n) is 1.33. The number of carbonyl (C=O) groups excluding carboxylic acids is 1. The summed E-state index contributed by atoms with van der Waals surface area (Å²) in [6.07, 6.45) is 0. The van der Waals surface area contributed by atoms with E-state index in [1.165, 1.54) is 16.2 Å². The molecular weight excluding hydrogens is 240 g/mol. The van der Waals surface area contributed by atoms with Crippen molar-refractivity contribution < 1.29 is 9.21 Å². The smallest absolute Gasteiger partial charge is 0.273 e. The van der Waals surface area contributed by atoms with Gasteiger partial charge in [0, 0.05) is 19.4 Å². The van der Waals surface area contributed by atoms with Crippen LogP contribution >= 0.6 is 11.3 Å². The number of hydrogen-bond donors (Lipinski definition) is 0. The molecule has 2 aromatic rings. The topological polar surface area (TPSA) is 72.1 Å². The normalized spacial score (nSPS) is 10.5. The first-order valence-electron chi connectivity index (χ1n) is 5.03. The summed E-state index contributed by atoms with van der Waals surface area (Å²) in [5.74, 6) is 0.765. The summed E-state index contributed by atoms with van der Waals surface area (Å²) < 4.78 is 5.21. The van der Waals surface area contributed by atoms with Crippen molar-refractivity contribution in [3.8, 4) is 0 Å². The molecule has 90 valence electrons. The Morgan fingerprint density at radius 1 is 1.47 bits per heavy atom. The molecule has 6 nitrogen and oxygen atoms in total. The first kappa shape index (κ1) is 11.7. The lowest BCUT2D eigenvalue weighted by Gasteiger charge is -2.12. The van der Waals surface area contributed by atoms with E-state index in [9.17, 15) is 4.79 Å². The predicted octanol–water partition coefficient (Wildman–Crippen LogP) is 1.42. The molecule has 0 aliphatic rings. The van der Waals surface area contributed by atoms with Gasteiger partial charge in [0.1, 0.15) is 5.69 Å². The van der Waals surface area contributed by atoms with Crippen molar-refractivity contribution in [2.45, 2.75) is 20.4 Å². The zero-order valence-electron chi connectivity index (χ0n) is 9.80. The number of carbonyl (C=O) groups is 1. The highest BCUT2D eigenvalue weighted by atomic mass is 32.1. The van der Waals surface area contributed by atoms with E-state index in [0.717, 1.165) is 5.01 Å². The van der Waals surface area contributed by atoms with Gasteiger partial charge in [-0.25, -0.2) is 4.98 Å². The van der Waals surface area contributed by atoms with Gasteiger partial charge >= 0.3 is 0 Å².